The molecule has 2 rings (SSSR count). The van der Waals surface area contributed by atoms with Crippen LogP contribution in [0, 0.1) is 0 Å². The zero-order valence-corrected chi connectivity index (χ0v) is 8.92. The predicted octanol–water partition coefficient (Wildman–Crippen LogP) is 2.97. The summed E-state index contributed by atoms with van der Waals surface area (Å²) in [5.74, 6) is -0.225. The number of benzene rings is 1. The molecule has 0 saturated carbocycles. The maximum Gasteiger partial charge on any atom is 0.346 e. The molecule has 0 unspecified atom stereocenters. The number of rotatable bonds is 1. The van der Waals surface area contributed by atoms with Gasteiger partial charge in [-0.05, 0) is 12.1 Å². The second-order valence-electron chi connectivity index (χ2n) is 2.95. The van der Waals surface area contributed by atoms with Gasteiger partial charge in [0, 0.05) is 0 Å². The van der Waals surface area contributed by atoms with Crippen LogP contribution >= 0.6 is 23.2 Å². The van der Waals surface area contributed by atoms with Crippen molar-refractivity contribution in [3.63, 3.8) is 0 Å². The number of alkyl halides is 2. The molecule has 0 aliphatic rings. The molecular formula is C10H6Cl2O3. The molecule has 0 fully saturated rings. The van der Waals surface area contributed by atoms with Crippen molar-refractivity contribution in [1.82, 2.24) is 0 Å². The van der Waals surface area contributed by atoms with E-state index in [1.165, 1.54) is 0 Å². The fourth-order valence-electron chi connectivity index (χ4n) is 1.34. The quantitative estimate of drug-likeness (QED) is 0.620. The van der Waals surface area contributed by atoms with E-state index in [0.29, 0.717) is 11.0 Å². The topological polar surface area (TPSA) is 50.4 Å². The smallest absolute Gasteiger partial charge is 0.346 e. The number of aromatic hydroxyl groups is 1. The predicted molar refractivity (Wildman–Crippen MR) is 58.6 cm³/mol. The standard InChI is InChI=1S/C10H6Cl2O3/c11-9(12)7-8(13)5-3-1-2-4-6(5)15-10(7)14/h1-4,9,13H. The molecule has 0 radical (unpaired) electrons. The lowest BCUT2D eigenvalue weighted by molar-refractivity contribution is 0.460. The van der Waals surface area contributed by atoms with E-state index >= 15 is 0 Å². The first-order valence-corrected chi connectivity index (χ1v) is 5.01. The van der Waals surface area contributed by atoms with Crippen LogP contribution in [0.4, 0.5) is 0 Å². The Kier molecular flexibility index (Phi) is 2.59. The summed E-state index contributed by atoms with van der Waals surface area (Å²) in [6.45, 7) is 0. The Hall–Kier alpha value is -1.19. The second kappa shape index (κ2) is 3.76. The van der Waals surface area contributed by atoms with Gasteiger partial charge in [0.15, 0.2) is 0 Å². The van der Waals surface area contributed by atoms with Crippen LogP contribution in [-0.4, -0.2) is 5.11 Å². The minimum absolute atomic E-state index is 0.128. The summed E-state index contributed by atoms with van der Waals surface area (Å²) < 4.78 is 4.95. The van der Waals surface area contributed by atoms with Crippen molar-refractivity contribution in [2.24, 2.45) is 0 Å². The number of para-hydroxylation sites is 1. The zero-order valence-electron chi connectivity index (χ0n) is 7.41. The van der Waals surface area contributed by atoms with Crippen LogP contribution in [0.25, 0.3) is 11.0 Å². The van der Waals surface area contributed by atoms with Gasteiger partial charge in [-0.1, -0.05) is 35.3 Å². The molecule has 2 aromatic rings. The highest BCUT2D eigenvalue weighted by Gasteiger charge is 2.18. The van der Waals surface area contributed by atoms with Crippen molar-refractivity contribution in [2.45, 2.75) is 4.84 Å². The Morgan fingerprint density at radius 2 is 1.93 bits per heavy atom. The van der Waals surface area contributed by atoms with E-state index in [1.807, 2.05) is 0 Å². The molecular weight excluding hydrogens is 239 g/mol. The first kappa shape index (κ1) is 10.3. The molecule has 0 amide bonds. The Bertz CT molecular complexity index is 560. The molecule has 0 aliphatic heterocycles. The largest absolute Gasteiger partial charge is 0.507 e. The van der Waals surface area contributed by atoms with Crippen molar-refractivity contribution >= 4 is 34.2 Å². The molecule has 3 nitrogen and oxygen atoms in total. The molecule has 1 aromatic heterocycles. The Morgan fingerprint density at radius 1 is 1.27 bits per heavy atom. The van der Waals surface area contributed by atoms with Gasteiger partial charge in [-0.15, -0.1) is 0 Å². The zero-order chi connectivity index (χ0) is 11.0. The Balaban J connectivity index is 2.90. The van der Waals surface area contributed by atoms with Crippen LogP contribution in [-0.2, 0) is 0 Å². The fraction of sp³-hybridized carbons (Fsp3) is 0.100. The maximum atomic E-state index is 11.4. The van der Waals surface area contributed by atoms with E-state index in [4.69, 9.17) is 27.6 Å². The first-order chi connectivity index (χ1) is 7.11. The lowest BCUT2D eigenvalue weighted by Gasteiger charge is -2.05. The summed E-state index contributed by atoms with van der Waals surface area (Å²) in [6, 6.07) is 6.61. The number of fused-ring (bicyclic) bond motifs is 1. The molecule has 78 valence electrons. The van der Waals surface area contributed by atoms with Gasteiger partial charge in [0.25, 0.3) is 0 Å². The van der Waals surface area contributed by atoms with Gasteiger partial charge in [0.1, 0.15) is 21.7 Å². The summed E-state index contributed by atoms with van der Waals surface area (Å²) in [5.41, 5.74) is -0.545. The van der Waals surface area contributed by atoms with Crippen LogP contribution in [0.2, 0.25) is 0 Å². The number of halogens is 2. The van der Waals surface area contributed by atoms with E-state index in [0.717, 1.165) is 0 Å². The minimum atomic E-state index is -1.11. The molecule has 5 heteroatoms. The van der Waals surface area contributed by atoms with Crippen LogP contribution < -0.4 is 5.63 Å². The van der Waals surface area contributed by atoms with Gasteiger partial charge in [-0.25, -0.2) is 4.79 Å². The molecule has 15 heavy (non-hydrogen) atoms. The molecule has 1 aromatic carbocycles. The van der Waals surface area contributed by atoms with E-state index in [2.05, 4.69) is 0 Å². The fourth-order valence-corrected chi connectivity index (χ4v) is 1.73. The van der Waals surface area contributed by atoms with Crippen molar-refractivity contribution in [2.75, 3.05) is 0 Å². The van der Waals surface area contributed by atoms with E-state index in [1.54, 1.807) is 24.3 Å². The third kappa shape index (κ3) is 1.68. The van der Waals surface area contributed by atoms with Gasteiger partial charge in [0.2, 0.25) is 0 Å². The molecule has 1 N–H and O–H groups in total. The van der Waals surface area contributed by atoms with Crippen LogP contribution in [0.5, 0.6) is 5.75 Å². The first-order valence-electron chi connectivity index (χ1n) is 4.14. The Morgan fingerprint density at radius 3 is 2.60 bits per heavy atom. The average Bonchev–Trinajstić information content (AvgIpc) is 2.17. The van der Waals surface area contributed by atoms with Gasteiger partial charge < -0.3 is 9.52 Å². The van der Waals surface area contributed by atoms with Crippen LogP contribution in [0.3, 0.4) is 0 Å². The highest BCUT2D eigenvalue weighted by molar-refractivity contribution is 6.44. The molecule has 0 bridgehead atoms. The van der Waals surface area contributed by atoms with Crippen molar-refractivity contribution < 1.29 is 9.52 Å². The Labute approximate surface area is 94.8 Å². The SMILES string of the molecule is O=c1oc2ccccc2c(O)c1C(Cl)Cl. The third-order valence-corrected chi connectivity index (χ3v) is 2.47. The number of hydrogen-bond donors (Lipinski definition) is 1. The van der Waals surface area contributed by atoms with Crippen molar-refractivity contribution in [3.05, 3.63) is 40.2 Å². The highest BCUT2D eigenvalue weighted by atomic mass is 35.5. The van der Waals surface area contributed by atoms with Gasteiger partial charge >= 0.3 is 5.63 Å². The average molecular weight is 245 g/mol. The molecule has 0 saturated heterocycles. The number of hydrogen-bond acceptors (Lipinski definition) is 3. The lowest BCUT2D eigenvalue weighted by Crippen LogP contribution is -2.07. The summed E-state index contributed by atoms with van der Waals surface area (Å²) in [5, 5.41) is 10.2. The molecule has 0 spiro atoms. The normalized spacial score (nSPS) is 11.1. The maximum absolute atomic E-state index is 11.4. The monoisotopic (exact) mass is 244 g/mol. The van der Waals surface area contributed by atoms with Crippen molar-refractivity contribution in [3.8, 4) is 5.75 Å². The summed E-state index contributed by atoms with van der Waals surface area (Å²) in [4.78, 5) is 10.3. The summed E-state index contributed by atoms with van der Waals surface area (Å²) >= 11 is 11.1. The van der Waals surface area contributed by atoms with Gasteiger partial charge in [0.05, 0.1) is 5.39 Å². The van der Waals surface area contributed by atoms with E-state index in [9.17, 15) is 9.90 Å². The summed E-state index contributed by atoms with van der Waals surface area (Å²) in [6.07, 6.45) is 0. The molecule has 1 heterocycles. The minimum Gasteiger partial charge on any atom is -0.507 e. The second-order valence-corrected chi connectivity index (χ2v) is 4.04. The summed E-state index contributed by atoms with van der Waals surface area (Å²) in [7, 11) is 0. The van der Waals surface area contributed by atoms with Gasteiger partial charge in [-0.2, -0.15) is 0 Å². The van der Waals surface area contributed by atoms with Crippen LogP contribution in [0.15, 0.2) is 33.5 Å². The third-order valence-electron chi connectivity index (χ3n) is 2.04. The lowest BCUT2D eigenvalue weighted by atomic mass is 10.2. The van der Waals surface area contributed by atoms with E-state index < -0.39 is 10.5 Å². The highest BCUT2D eigenvalue weighted by Crippen LogP contribution is 2.34. The molecule has 0 aliphatic carbocycles. The van der Waals surface area contributed by atoms with Crippen LogP contribution in [0.1, 0.15) is 10.4 Å². The van der Waals surface area contributed by atoms with E-state index in [-0.39, 0.29) is 11.3 Å². The van der Waals surface area contributed by atoms with Gasteiger partial charge in [-0.3, -0.25) is 0 Å². The van der Waals surface area contributed by atoms with Crippen molar-refractivity contribution in [1.29, 1.82) is 0 Å². The molecule has 0 atom stereocenters.